The summed E-state index contributed by atoms with van der Waals surface area (Å²) in [5.41, 5.74) is 7.48. The van der Waals surface area contributed by atoms with Gasteiger partial charge in [-0.1, -0.05) is 32.9 Å². The topological polar surface area (TPSA) is 38.5 Å². The lowest BCUT2D eigenvalue weighted by Crippen LogP contribution is -2.41. The second kappa shape index (κ2) is 7.51. The van der Waals surface area contributed by atoms with Crippen molar-refractivity contribution in [2.45, 2.75) is 39.8 Å². The summed E-state index contributed by atoms with van der Waals surface area (Å²) < 4.78 is 5.22. The first-order chi connectivity index (χ1) is 8.99. The third-order valence-electron chi connectivity index (χ3n) is 3.35. The summed E-state index contributed by atoms with van der Waals surface area (Å²) in [4.78, 5) is 2.46. The molecule has 0 fully saturated rings. The van der Waals surface area contributed by atoms with Gasteiger partial charge in [0.25, 0.3) is 0 Å². The van der Waals surface area contributed by atoms with Crippen molar-refractivity contribution in [2.24, 2.45) is 11.7 Å². The molecule has 0 bridgehead atoms. The van der Waals surface area contributed by atoms with Gasteiger partial charge in [-0.25, -0.2) is 0 Å². The Hall–Kier alpha value is -1.06. The molecule has 0 saturated heterocycles. The minimum absolute atomic E-state index is 0.104. The molecule has 2 unspecified atom stereocenters. The lowest BCUT2D eigenvalue weighted by molar-refractivity contribution is 0.166. The second-order valence-corrected chi connectivity index (χ2v) is 5.56. The first-order valence-corrected chi connectivity index (χ1v) is 7.13. The van der Waals surface area contributed by atoms with E-state index in [9.17, 15) is 0 Å². The monoisotopic (exact) mass is 264 g/mol. The number of likely N-dealkylation sites (N-methyl/N-ethyl adjacent to an activating group) is 1. The number of nitrogens with two attached hydrogens (primary N) is 1. The van der Waals surface area contributed by atoms with Crippen molar-refractivity contribution in [3.63, 3.8) is 0 Å². The van der Waals surface area contributed by atoms with Crippen LogP contribution < -0.4 is 10.5 Å². The Morgan fingerprint density at radius 2 is 1.74 bits per heavy atom. The lowest BCUT2D eigenvalue weighted by Gasteiger charge is -2.35. The Balaban J connectivity index is 2.97. The van der Waals surface area contributed by atoms with E-state index in [0.717, 1.165) is 18.8 Å². The highest BCUT2D eigenvalue weighted by Crippen LogP contribution is 2.26. The van der Waals surface area contributed by atoms with Crippen molar-refractivity contribution in [3.8, 4) is 5.75 Å². The van der Waals surface area contributed by atoms with Gasteiger partial charge in [0.2, 0.25) is 0 Å². The van der Waals surface area contributed by atoms with Crippen LogP contribution in [0, 0.1) is 5.92 Å². The molecule has 3 nitrogen and oxygen atoms in total. The fraction of sp³-hybridized carbons (Fsp3) is 0.625. The second-order valence-electron chi connectivity index (χ2n) is 5.56. The van der Waals surface area contributed by atoms with Gasteiger partial charge in [-0.3, -0.25) is 4.90 Å². The van der Waals surface area contributed by atoms with Crippen LogP contribution in [-0.2, 0) is 0 Å². The van der Waals surface area contributed by atoms with Gasteiger partial charge in [0.1, 0.15) is 5.75 Å². The molecule has 2 atom stereocenters. The van der Waals surface area contributed by atoms with E-state index < -0.39 is 0 Å². The van der Waals surface area contributed by atoms with Crippen molar-refractivity contribution in [1.29, 1.82) is 0 Å². The molecule has 19 heavy (non-hydrogen) atoms. The van der Waals surface area contributed by atoms with Crippen LogP contribution in [0.2, 0.25) is 0 Å². The fourth-order valence-corrected chi connectivity index (χ4v) is 2.56. The summed E-state index contributed by atoms with van der Waals surface area (Å²) in [5, 5.41) is 0. The lowest BCUT2D eigenvalue weighted by atomic mass is 9.98. The summed E-state index contributed by atoms with van der Waals surface area (Å²) in [6.45, 7) is 10.8. The third kappa shape index (κ3) is 4.51. The highest BCUT2D eigenvalue weighted by Gasteiger charge is 2.23. The van der Waals surface area contributed by atoms with E-state index in [4.69, 9.17) is 10.5 Å². The summed E-state index contributed by atoms with van der Waals surface area (Å²) in [6.07, 6.45) is 0. The molecule has 3 heteroatoms. The molecule has 0 amide bonds. The first-order valence-electron chi connectivity index (χ1n) is 7.13. The van der Waals surface area contributed by atoms with Crippen LogP contribution in [0.15, 0.2) is 24.3 Å². The summed E-state index contributed by atoms with van der Waals surface area (Å²) in [7, 11) is 1.69. The molecule has 108 valence electrons. The fourth-order valence-electron chi connectivity index (χ4n) is 2.56. The molecule has 0 aliphatic heterocycles. The van der Waals surface area contributed by atoms with Crippen molar-refractivity contribution in [3.05, 3.63) is 29.8 Å². The molecule has 0 heterocycles. The zero-order valence-electron chi connectivity index (χ0n) is 12.9. The standard InChI is InChI=1S/C16H28N2O/c1-6-18(11-12(2)3)16(13(4)17)14-7-9-15(19-5)10-8-14/h7-10,12-13,16H,6,11,17H2,1-5H3. The normalized spacial score (nSPS) is 14.7. The average Bonchev–Trinajstić information content (AvgIpc) is 2.37. The maximum Gasteiger partial charge on any atom is 0.118 e. The Labute approximate surface area is 117 Å². The predicted octanol–water partition coefficient (Wildman–Crippen LogP) is 3.06. The van der Waals surface area contributed by atoms with Gasteiger partial charge < -0.3 is 10.5 Å². The molecule has 0 aliphatic carbocycles. The molecule has 0 radical (unpaired) electrons. The quantitative estimate of drug-likeness (QED) is 0.822. The number of methoxy groups -OCH3 is 1. The van der Waals surface area contributed by atoms with Crippen LogP contribution in [0.4, 0.5) is 0 Å². The number of hydrogen-bond acceptors (Lipinski definition) is 3. The van der Waals surface area contributed by atoms with Gasteiger partial charge in [0, 0.05) is 18.6 Å². The van der Waals surface area contributed by atoms with E-state index in [1.165, 1.54) is 5.56 Å². The first kappa shape index (κ1) is 16.0. The number of rotatable bonds is 7. The zero-order valence-corrected chi connectivity index (χ0v) is 12.9. The van der Waals surface area contributed by atoms with Crippen LogP contribution >= 0.6 is 0 Å². The highest BCUT2D eigenvalue weighted by atomic mass is 16.5. The van der Waals surface area contributed by atoms with Crippen LogP contribution in [0.3, 0.4) is 0 Å². The summed E-state index contributed by atoms with van der Waals surface area (Å²) in [5.74, 6) is 1.53. The molecule has 2 N–H and O–H groups in total. The average molecular weight is 264 g/mol. The molecular formula is C16H28N2O. The Morgan fingerprint density at radius 3 is 2.11 bits per heavy atom. The number of benzene rings is 1. The predicted molar refractivity (Wildman–Crippen MR) is 81.5 cm³/mol. The van der Waals surface area contributed by atoms with E-state index in [1.807, 2.05) is 12.1 Å². The van der Waals surface area contributed by atoms with Gasteiger partial charge in [-0.05, 0) is 37.1 Å². The SMILES string of the molecule is CCN(CC(C)C)C(c1ccc(OC)cc1)C(C)N. The summed E-state index contributed by atoms with van der Waals surface area (Å²) in [6, 6.07) is 8.62. The molecule has 0 spiro atoms. The van der Waals surface area contributed by atoms with Gasteiger partial charge in [0.15, 0.2) is 0 Å². The molecule has 1 rings (SSSR count). The van der Waals surface area contributed by atoms with Crippen molar-refractivity contribution >= 4 is 0 Å². The Kier molecular flexibility index (Phi) is 6.32. The van der Waals surface area contributed by atoms with Crippen molar-refractivity contribution < 1.29 is 4.74 Å². The van der Waals surface area contributed by atoms with Gasteiger partial charge in [0.05, 0.1) is 7.11 Å². The van der Waals surface area contributed by atoms with Crippen LogP contribution in [0.1, 0.15) is 39.3 Å². The van der Waals surface area contributed by atoms with E-state index in [-0.39, 0.29) is 12.1 Å². The van der Waals surface area contributed by atoms with Crippen molar-refractivity contribution in [1.82, 2.24) is 4.90 Å². The number of ether oxygens (including phenoxy) is 1. The van der Waals surface area contributed by atoms with E-state index >= 15 is 0 Å². The molecule has 0 aromatic heterocycles. The number of nitrogens with zero attached hydrogens (tertiary/aromatic N) is 1. The Morgan fingerprint density at radius 1 is 1.16 bits per heavy atom. The largest absolute Gasteiger partial charge is 0.497 e. The van der Waals surface area contributed by atoms with E-state index in [1.54, 1.807) is 7.11 Å². The smallest absolute Gasteiger partial charge is 0.118 e. The maximum atomic E-state index is 6.22. The minimum atomic E-state index is 0.104. The van der Waals surface area contributed by atoms with Crippen molar-refractivity contribution in [2.75, 3.05) is 20.2 Å². The Bertz CT molecular complexity index is 360. The summed E-state index contributed by atoms with van der Waals surface area (Å²) >= 11 is 0. The van der Waals surface area contributed by atoms with Gasteiger partial charge in [-0.15, -0.1) is 0 Å². The molecule has 0 saturated carbocycles. The maximum absolute atomic E-state index is 6.22. The van der Waals surface area contributed by atoms with Gasteiger partial charge in [-0.2, -0.15) is 0 Å². The molecule has 0 aliphatic rings. The van der Waals surface area contributed by atoms with E-state index in [2.05, 4.69) is 44.7 Å². The molecule has 1 aromatic carbocycles. The van der Waals surface area contributed by atoms with E-state index in [0.29, 0.717) is 5.92 Å². The highest BCUT2D eigenvalue weighted by molar-refractivity contribution is 5.29. The van der Waals surface area contributed by atoms with Crippen LogP contribution in [0.25, 0.3) is 0 Å². The number of hydrogen-bond donors (Lipinski definition) is 1. The van der Waals surface area contributed by atoms with Gasteiger partial charge >= 0.3 is 0 Å². The zero-order chi connectivity index (χ0) is 14.4. The molecule has 1 aromatic rings. The molecular weight excluding hydrogens is 236 g/mol. The third-order valence-corrected chi connectivity index (χ3v) is 3.35. The minimum Gasteiger partial charge on any atom is -0.497 e. The van der Waals surface area contributed by atoms with Crippen LogP contribution in [0.5, 0.6) is 5.75 Å². The van der Waals surface area contributed by atoms with Crippen LogP contribution in [-0.4, -0.2) is 31.1 Å².